The molecule has 2 amide bonds. The summed E-state index contributed by atoms with van der Waals surface area (Å²) in [6, 6.07) is -1.56. The smallest absolute Gasteiger partial charge is 0.326 e. The van der Waals surface area contributed by atoms with Gasteiger partial charge >= 0.3 is 12.0 Å². The SMILES string of the molecule is CC(C)CNC(=O)N[C@H](CCO)C(=O)O. The lowest BCUT2D eigenvalue weighted by Gasteiger charge is -2.14. The van der Waals surface area contributed by atoms with E-state index >= 15 is 0 Å². The van der Waals surface area contributed by atoms with Crippen molar-refractivity contribution < 1.29 is 19.8 Å². The first kappa shape index (κ1) is 13.7. The molecule has 0 aliphatic rings. The predicted molar refractivity (Wildman–Crippen MR) is 54.5 cm³/mol. The van der Waals surface area contributed by atoms with Gasteiger partial charge in [0.05, 0.1) is 0 Å². The van der Waals surface area contributed by atoms with E-state index in [2.05, 4.69) is 10.6 Å². The van der Waals surface area contributed by atoms with E-state index in [1.54, 1.807) is 0 Å². The Morgan fingerprint density at radius 3 is 2.33 bits per heavy atom. The number of amides is 2. The molecular formula is C9H18N2O4. The number of carbonyl (C=O) groups excluding carboxylic acids is 1. The van der Waals surface area contributed by atoms with Crippen molar-refractivity contribution in [1.82, 2.24) is 10.6 Å². The van der Waals surface area contributed by atoms with E-state index in [4.69, 9.17) is 10.2 Å². The van der Waals surface area contributed by atoms with Crippen LogP contribution in [-0.2, 0) is 4.79 Å². The fraction of sp³-hybridized carbons (Fsp3) is 0.778. The number of carbonyl (C=O) groups is 2. The lowest BCUT2D eigenvalue weighted by atomic mass is 10.2. The highest BCUT2D eigenvalue weighted by atomic mass is 16.4. The highest BCUT2D eigenvalue weighted by Gasteiger charge is 2.18. The number of rotatable bonds is 6. The molecule has 0 saturated carbocycles. The van der Waals surface area contributed by atoms with Crippen LogP contribution in [0.25, 0.3) is 0 Å². The number of hydrogen-bond donors (Lipinski definition) is 4. The molecule has 0 spiro atoms. The normalized spacial score (nSPS) is 12.3. The third-order valence-electron chi connectivity index (χ3n) is 1.69. The van der Waals surface area contributed by atoms with E-state index in [0.29, 0.717) is 12.5 Å². The van der Waals surface area contributed by atoms with E-state index in [-0.39, 0.29) is 13.0 Å². The second-order valence-electron chi connectivity index (χ2n) is 3.65. The van der Waals surface area contributed by atoms with Gasteiger partial charge in [0.2, 0.25) is 0 Å². The summed E-state index contributed by atoms with van der Waals surface area (Å²) in [5, 5.41) is 22.1. The predicted octanol–water partition coefficient (Wildman–Crippen LogP) is -0.223. The molecular weight excluding hydrogens is 200 g/mol. The Balaban J connectivity index is 3.94. The molecule has 1 atom stereocenters. The number of urea groups is 1. The lowest BCUT2D eigenvalue weighted by molar-refractivity contribution is -0.139. The van der Waals surface area contributed by atoms with Crippen molar-refractivity contribution in [3.05, 3.63) is 0 Å². The zero-order valence-corrected chi connectivity index (χ0v) is 8.99. The van der Waals surface area contributed by atoms with Crippen LogP contribution >= 0.6 is 0 Å². The number of carboxylic acids is 1. The largest absolute Gasteiger partial charge is 0.480 e. The van der Waals surface area contributed by atoms with Gasteiger partial charge in [-0.1, -0.05) is 13.8 Å². The Morgan fingerprint density at radius 1 is 1.33 bits per heavy atom. The van der Waals surface area contributed by atoms with Crippen molar-refractivity contribution in [1.29, 1.82) is 0 Å². The van der Waals surface area contributed by atoms with Gasteiger partial charge in [0.15, 0.2) is 0 Å². The van der Waals surface area contributed by atoms with Crippen LogP contribution in [0, 0.1) is 5.92 Å². The van der Waals surface area contributed by atoms with Gasteiger partial charge in [-0.15, -0.1) is 0 Å². The van der Waals surface area contributed by atoms with Crippen molar-refractivity contribution in [2.75, 3.05) is 13.2 Å². The Bertz CT molecular complexity index is 218. The Kier molecular flexibility index (Phi) is 6.44. The van der Waals surface area contributed by atoms with Crippen LogP contribution in [0.3, 0.4) is 0 Å². The Morgan fingerprint density at radius 2 is 1.93 bits per heavy atom. The average Bonchev–Trinajstić information content (AvgIpc) is 2.14. The van der Waals surface area contributed by atoms with Crippen LogP contribution in [0.2, 0.25) is 0 Å². The number of nitrogens with one attached hydrogen (secondary N) is 2. The topological polar surface area (TPSA) is 98.7 Å². The minimum absolute atomic E-state index is 0.00440. The second-order valence-corrected chi connectivity index (χ2v) is 3.65. The average molecular weight is 218 g/mol. The van der Waals surface area contributed by atoms with Crippen LogP contribution in [-0.4, -0.2) is 41.4 Å². The van der Waals surface area contributed by atoms with Crippen LogP contribution in [0.15, 0.2) is 0 Å². The quantitative estimate of drug-likeness (QED) is 0.495. The molecule has 0 aromatic rings. The maximum absolute atomic E-state index is 11.2. The molecule has 0 saturated heterocycles. The van der Waals surface area contributed by atoms with Crippen LogP contribution < -0.4 is 10.6 Å². The van der Waals surface area contributed by atoms with Crippen molar-refractivity contribution in [2.45, 2.75) is 26.3 Å². The first-order valence-corrected chi connectivity index (χ1v) is 4.85. The molecule has 0 bridgehead atoms. The monoisotopic (exact) mass is 218 g/mol. The molecule has 0 unspecified atom stereocenters. The summed E-state index contributed by atoms with van der Waals surface area (Å²) in [7, 11) is 0. The molecule has 0 aromatic heterocycles. The highest BCUT2D eigenvalue weighted by Crippen LogP contribution is 1.92. The summed E-state index contributed by atoms with van der Waals surface area (Å²) in [6.07, 6.45) is 0.00440. The summed E-state index contributed by atoms with van der Waals surface area (Å²) < 4.78 is 0. The van der Waals surface area contributed by atoms with Crippen LogP contribution in [0.5, 0.6) is 0 Å². The molecule has 15 heavy (non-hydrogen) atoms. The van der Waals surface area contributed by atoms with E-state index < -0.39 is 18.0 Å². The molecule has 0 rings (SSSR count). The number of aliphatic hydroxyl groups excluding tert-OH is 1. The van der Waals surface area contributed by atoms with Gasteiger partial charge in [0.1, 0.15) is 6.04 Å². The third-order valence-corrected chi connectivity index (χ3v) is 1.69. The van der Waals surface area contributed by atoms with Gasteiger partial charge in [-0.05, 0) is 5.92 Å². The fourth-order valence-electron chi connectivity index (χ4n) is 0.893. The van der Waals surface area contributed by atoms with E-state index in [1.807, 2.05) is 13.8 Å². The molecule has 6 heteroatoms. The summed E-state index contributed by atoms with van der Waals surface area (Å²) in [4.78, 5) is 21.8. The van der Waals surface area contributed by atoms with Crippen LogP contribution in [0.4, 0.5) is 4.79 Å². The minimum Gasteiger partial charge on any atom is -0.480 e. The summed E-state index contributed by atoms with van der Waals surface area (Å²) in [6.45, 7) is 4.07. The molecule has 88 valence electrons. The zero-order valence-electron chi connectivity index (χ0n) is 8.99. The standard InChI is InChI=1S/C9H18N2O4/c1-6(2)5-10-9(15)11-7(3-4-12)8(13)14/h6-7,12H,3-5H2,1-2H3,(H,13,14)(H2,10,11,15)/t7-/m1/s1. The van der Waals surface area contributed by atoms with Gasteiger partial charge in [0.25, 0.3) is 0 Å². The molecule has 0 aromatic carbocycles. The minimum atomic E-state index is -1.15. The van der Waals surface area contributed by atoms with Crippen molar-refractivity contribution >= 4 is 12.0 Å². The molecule has 0 aliphatic carbocycles. The first-order chi connectivity index (χ1) is 6.97. The van der Waals surface area contributed by atoms with Gasteiger partial charge < -0.3 is 20.8 Å². The Labute approximate surface area is 88.7 Å². The molecule has 0 radical (unpaired) electrons. The van der Waals surface area contributed by atoms with Gasteiger partial charge in [-0.3, -0.25) is 0 Å². The number of hydrogen-bond acceptors (Lipinski definition) is 3. The lowest BCUT2D eigenvalue weighted by Crippen LogP contribution is -2.47. The van der Waals surface area contributed by atoms with E-state index in [9.17, 15) is 9.59 Å². The fourth-order valence-corrected chi connectivity index (χ4v) is 0.893. The molecule has 0 aliphatic heterocycles. The van der Waals surface area contributed by atoms with Gasteiger partial charge in [-0.25, -0.2) is 9.59 Å². The third kappa shape index (κ3) is 6.73. The molecule has 6 nitrogen and oxygen atoms in total. The number of carboxylic acid groups (broad SMARTS) is 1. The highest BCUT2D eigenvalue weighted by molar-refractivity contribution is 5.82. The molecule has 4 N–H and O–H groups in total. The van der Waals surface area contributed by atoms with E-state index in [1.165, 1.54) is 0 Å². The Hall–Kier alpha value is -1.30. The zero-order chi connectivity index (χ0) is 11.8. The van der Waals surface area contributed by atoms with Crippen LogP contribution in [0.1, 0.15) is 20.3 Å². The number of aliphatic hydroxyl groups is 1. The van der Waals surface area contributed by atoms with E-state index in [0.717, 1.165) is 0 Å². The van der Waals surface area contributed by atoms with Crippen molar-refractivity contribution in [3.63, 3.8) is 0 Å². The summed E-state index contributed by atoms with van der Waals surface area (Å²) in [5.74, 6) is -0.847. The second kappa shape index (κ2) is 7.05. The number of aliphatic carboxylic acids is 1. The maximum atomic E-state index is 11.2. The van der Waals surface area contributed by atoms with Gasteiger partial charge in [0, 0.05) is 19.6 Å². The first-order valence-electron chi connectivity index (χ1n) is 4.85. The van der Waals surface area contributed by atoms with Crippen molar-refractivity contribution in [3.8, 4) is 0 Å². The molecule has 0 fully saturated rings. The summed E-state index contributed by atoms with van der Waals surface area (Å²) in [5.41, 5.74) is 0. The van der Waals surface area contributed by atoms with Crippen molar-refractivity contribution in [2.24, 2.45) is 5.92 Å². The maximum Gasteiger partial charge on any atom is 0.326 e. The summed E-state index contributed by atoms with van der Waals surface area (Å²) >= 11 is 0. The molecule has 0 heterocycles. The van der Waals surface area contributed by atoms with Gasteiger partial charge in [-0.2, -0.15) is 0 Å².